The topological polar surface area (TPSA) is 49.4 Å². The van der Waals surface area contributed by atoms with E-state index in [-0.39, 0.29) is 24.2 Å². The van der Waals surface area contributed by atoms with Crippen LogP contribution in [0.25, 0.3) is 0 Å². The highest BCUT2D eigenvalue weighted by Crippen LogP contribution is 2.19. The molecule has 1 aromatic rings. The van der Waals surface area contributed by atoms with Crippen molar-refractivity contribution >= 4 is 11.8 Å². The number of amides is 2. The van der Waals surface area contributed by atoms with Gasteiger partial charge in [-0.05, 0) is 43.4 Å². The van der Waals surface area contributed by atoms with Gasteiger partial charge in [0.1, 0.15) is 0 Å². The first-order chi connectivity index (χ1) is 12.5. The van der Waals surface area contributed by atoms with Crippen LogP contribution in [0, 0.1) is 17.6 Å². The Balaban J connectivity index is 1.70. The summed E-state index contributed by atoms with van der Waals surface area (Å²) in [6.45, 7) is 3.99. The molecule has 4 nitrogen and oxygen atoms in total. The van der Waals surface area contributed by atoms with E-state index >= 15 is 0 Å². The van der Waals surface area contributed by atoms with Crippen molar-refractivity contribution in [1.29, 1.82) is 0 Å². The minimum Gasteiger partial charge on any atom is -0.356 e. The summed E-state index contributed by atoms with van der Waals surface area (Å²) in [6, 6.07) is 3.72. The number of halogens is 2. The number of rotatable bonds is 8. The van der Waals surface area contributed by atoms with Crippen molar-refractivity contribution < 1.29 is 18.4 Å². The van der Waals surface area contributed by atoms with Crippen LogP contribution in [0.4, 0.5) is 8.78 Å². The van der Waals surface area contributed by atoms with Crippen LogP contribution < -0.4 is 5.32 Å². The van der Waals surface area contributed by atoms with Crippen LogP contribution in [-0.2, 0) is 16.0 Å². The van der Waals surface area contributed by atoms with E-state index in [1.165, 1.54) is 6.07 Å². The van der Waals surface area contributed by atoms with Crippen LogP contribution in [0.1, 0.15) is 51.0 Å². The first-order valence-corrected chi connectivity index (χ1v) is 9.50. The number of carbonyl (C=O) groups is 2. The Hall–Kier alpha value is -1.98. The Labute approximate surface area is 153 Å². The van der Waals surface area contributed by atoms with Gasteiger partial charge < -0.3 is 10.2 Å². The summed E-state index contributed by atoms with van der Waals surface area (Å²) in [6.07, 6.45) is 5.25. The summed E-state index contributed by atoms with van der Waals surface area (Å²) in [7, 11) is 0. The van der Waals surface area contributed by atoms with E-state index in [0.717, 1.165) is 37.9 Å². The maximum absolute atomic E-state index is 13.2. The van der Waals surface area contributed by atoms with Crippen LogP contribution in [0.15, 0.2) is 18.2 Å². The second-order valence-electron chi connectivity index (χ2n) is 6.90. The number of likely N-dealkylation sites (tertiary alicyclic amines) is 1. The van der Waals surface area contributed by atoms with Crippen molar-refractivity contribution in [3.63, 3.8) is 0 Å². The van der Waals surface area contributed by atoms with Crippen molar-refractivity contribution in [2.75, 3.05) is 19.6 Å². The van der Waals surface area contributed by atoms with E-state index in [4.69, 9.17) is 0 Å². The first kappa shape index (κ1) is 20.3. The van der Waals surface area contributed by atoms with E-state index < -0.39 is 11.6 Å². The van der Waals surface area contributed by atoms with E-state index in [1.54, 1.807) is 4.90 Å². The number of carbonyl (C=O) groups excluding carboxylic acids is 2. The van der Waals surface area contributed by atoms with Crippen molar-refractivity contribution in [3.8, 4) is 0 Å². The average molecular weight is 366 g/mol. The molecule has 0 unspecified atom stereocenters. The van der Waals surface area contributed by atoms with Gasteiger partial charge in [0.25, 0.3) is 0 Å². The number of piperidine rings is 1. The number of nitrogens with one attached hydrogen (secondary N) is 1. The van der Waals surface area contributed by atoms with Crippen LogP contribution >= 0.6 is 0 Å². The van der Waals surface area contributed by atoms with Crippen molar-refractivity contribution in [2.45, 2.75) is 51.9 Å². The largest absolute Gasteiger partial charge is 0.356 e. The zero-order valence-corrected chi connectivity index (χ0v) is 15.4. The normalized spacial score (nSPS) is 15.1. The molecule has 1 saturated heterocycles. The van der Waals surface area contributed by atoms with Gasteiger partial charge in [0.15, 0.2) is 11.6 Å². The summed E-state index contributed by atoms with van der Waals surface area (Å²) in [5.74, 6) is -1.70. The summed E-state index contributed by atoms with van der Waals surface area (Å²) in [4.78, 5) is 26.2. The van der Waals surface area contributed by atoms with Crippen molar-refractivity contribution in [3.05, 3.63) is 35.4 Å². The zero-order valence-electron chi connectivity index (χ0n) is 15.4. The van der Waals surface area contributed by atoms with Crippen LogP contribution in [0.2, 0.25) is 0 Å². The summed E-state index contributed by atoms with van der Waals surface area (Å²) >= 11 is 0. The smallest absolute Gasteiger partial charge is 0.223 e. The van der Waals surface area contributed by atoms with E-state index in [0.29, 0.717) is 37.9 Å². The molecule has 0 aromatic heterocycles. The Morgan fingerprint density at radius 2 is 1.88 bits per heavy atom. The van der Waals surface area contributed by atoms with Gasteiger partial charge in [0, 0.05) is 32.0 Å². The number of hydrogen-bond donors (Lipinski definition) is 1. The van der Waals surface area contributed by atoms with Crippen LogP contribution in [-0.4, -0.2) is 36.3 Å². The second-order valence-corrected chi connectivity index (χ2v) is 6.90. The predicted molar refractivity (Wildman–Crippen MR) is 96.5 cm³/mol. The molecule has 2 amide bonds. The number of benzene rings is 1. The minimum absolute atomic E-state index is 0.00321. The fourth-order valence-corrected chi connectivity index (χ4v) is 3.23. The molecule has 2 rings (SSSR count). The molecule has 1 aliphatic heterocycles. The van der Waals surface area contributed by atoms with Crippen LogP contribution in [0.5, 0.6) is 0 Å². The molecule has 1 heterocycles. The lowest BCUT2D eigenvalue weighted by Gasteiger charge is -2.31. The van der Waals surface area contributed by atoms with Crippen molar-refractivity contribution in [1.82, 2.24) is 10.2 Å². The lowest BCUT2D eigenvalue weighted by molar-refractivity contribution is -0.135. The third-order valence-corrected chi connectivity index (χ3v) is 4.91. The highest BCUT2D eigenvalue weighted by Gasteiger charge is 2.26. The molecule has 1 aliphatic rings. The molecular weight excluding hydrogens is 338 g/mol. The standard InChI is InChI=1S/C20H28F2N2O2/c1-2-3-4-11-23-20(26)16-9-12-24(13-10-16)19(25)8-6-15-5-7-17(21)18(22)14-15/h5,7,14,16H,2-4,6,8-13H2,1H3,(H,23,26). The fraction of sp³-hybridized carbons (Fsp3) is 0.600. The predicted octanol–water partition coefficient (Wildman–Crippen LogP) is 3.44. The molecule has 144 valence electrons. The molecular formula is C20H28F2N2O2. The Bertz CT molecular complexity index is 614. The molecule has 0 spiro atoms. The van der Waals surface area contributed by atoms with E-state index in [1.807, 2.05) is 0 Å². The van der Waals surface area contributed by atoms with Gasteiger partial charge in [-0.3, -0.25) is 9.59 Å². The minimum atomic E-state index is -0.888. The SMILES string of the molecule is CCCCCNC(=O)C1CCN(C(=O)CCc2ccc(F)c(F)c2)CC1. The molecule has 6 heteroatoms. The summed E-state index contributed by atoms with van der Waals surface area (Å²) in [5.41, 5.74) is 0.610. The van der Waals surface area contributed by atoms with Gasteiger partial charge in [-0.15, -0.1) is 0 Å². The lowest BCUT2D eigenvalue weighted by atomic mass is 9.95. The lowest BCUT2D eigenvalue weighted by Crippen LogP contribution is -2.43. The highest BCUT2D eigenvalue weighted by molar-refractivity contribution is 5.80. The Morgan fingerprint density at radius 1 is 1.15 bits per heavy atom. The number of nitrogens with zero attached hydrogens (tertiary/aromatic N) is 1. The molecule has 1 fully saturated rings. The number of hydrogen-bond acceptors (Lipinski definition) is 2. The molecule has 1 N–H and O–H groups in total. The van der Waals surface area contributed by atoms with Crippen LogP contribution in [0.3, 0.4) is 0 Å². The second kappa shape index (κ2) is 10.2. The fourth-order valence-electron chi connectivity index (χ4n) is 3.23. The summed E-state index contributed by atoms with van der Waals surface area (Å²) in [5, 5.41) is 2.98. The van der Waals surface area contributed by atoms with Gasteiger partial charge in [0.05, 0.1) is 0 Å². The third kappa shape index (κ3) is 6.07. The zero-order chi connectivity index (χ0) is 18.9. The maximum atomic E-state index is 13.2. The average Bonchev–Trinajstić information content (AvgIpc) is 2.66. The molecule has 26 heavy (non-hydrogen) atoms. The van der Waals surface area contributed by atoms with Gasteiger partial charge in [0.2, 0.25) is 11.8 Å². The number of aryl methyl sites for hydroxylation is 1. The van der Waals surface area contributed by atoms with Gasteiger partial charge in [-0.25, -0.2) is 8.78 Å². The van der Waals surface area contributed by atoms with Gasteiger partial charge in [-0.1, -0.05) is 25.8 Å². The Kier molecular flexibility index (Phi) is 8.01. The van der Waals surface area contributed by atoms with Crippen molar-refractivity contribution in [2.24, 2.45) is 5.92 Å². The van der Waals surface area contributed by atoms with Gasteiger partial charge in [-0.2, -0.15) is 0 Å². The summed E-state index contributed by atoms with van der Waals surface area (Å²) < 4.78 is 26.1. The Morgan fingerprint density at radius 3 is 2.54 bits per heavy atom. The monoisotopic (exact) mass is 366 g/mol. The highest BCUT2D eigenvalue weighted by atomic mass is 19.2. The molecule has 0 radical (unpaired) electrons. The van der Waals surface area contributed by atoms with E-state index in [9.17, 15) is 18.4 Å². The van der Waals surface area contributed by atoms with E-state index in [2.05, 4.69) is 12.2 Å². The molecule has 0 bridgehead atoms. The van der Waals surface area contributed by atoms with Gasteiger partial charge >= 0.3 is 0 Å². The number of unbranched alkanes of at least 4 members (excludes halogenated alkanes) is 2. The first-order valence-electron chi connectivity index (χ1n) is 9.50. The quantitative estimate of drug-likeness (QED) is 0.717. The molecule has 1 aromatic carbocycles. The molecule has 0 aliphatic carbocycles. The molecule has 0 saturated carbocycles. The maximum Gasteiger partial charge on any atom is 0.223 e. The third-order valence-electron chi connectivity index (χ3n) is 4.91. The molecule has 0 atom stereocenters.